The van der Waals surface area contributed by atoms with E-state index in [4.69, 9.17) is 14.5 Å². The Balaban J connectivity index is 1.96. The standard InChI is InChI=1S/C14H9FN4O2/c1-20-12-5-9(2-3-10(12)15)13-18-14(21-19-13)11-4-8(6-16)7-17-11/h2-5,7,17H,1H3. The lowest BCUT2D eigenvalue weighted by atomic mass is 10.2. The highest BCUT2D eigenvalue weighted by molar-refractivity contribution is 5.60. The molecule has 2 heterocycles. The molecule has 0 amide bonds. The van der Waals surface area contributed by atoms with Crippen molar-refractivity contribution in [2.75, 3.05) is 7.11 Å². The van der Waals surface area contributed by atoms with Crippen molar-refractivity contribution in [3.8, 4) is 34.8 Å². The summed E-state index contributed by atoms with van der Waals surface area (Å²) >= 11 is 0. The second kappa shape index (κ2) is 5.09. The molecule has 2 aromatic heterocycles. The maximum absolute atomic E-state index is 13.4. The lowest BCUT2D eigenvalue weighted by Crippen LogP contribution is -1.89. The molecule has 1 aromatic carbocycles. The minimum atomic E-state index is -0.465. The van der Waals surface area contributed by atoms with Gasteiger partial charge < -0.3 is 14.2 Å². The second-order valence-corrected chi connectivity index (χ2v) is 4.19. The van der Waals surface area contributed by atoms with Crippen LogP contribution >= 0.6 is 0 Å². The van der Waals surface area contributed by atoms with Crippen molar-refractivity contribution in [3.63, 3.8) is 0 Å². The molecule has 0 fully saturated rings. The van der Waals surface area contributed by atoms with E-state index in [-0.39, 0.29) is 11.6 Å². The maximum atomic E-state index is 13.4. The number of nitrogens with one attached hydrogen (secondary N) is 1. The van der Waals surface area contributed by atoms with Gasteiger partial charge in [0, 0.05) is 11.8 Å². The molecule has 0 saturated heterocycles. The predicted molar refractivity (Wildman–Crippen MR) is 70.7 cm³/mol. The Morgan fingerprint density at radius 3 is 2.95 bits per heavy atom. The zero-order valence-electron chi connectivity index (χ0n) is 10.9. The molecule has 0 radical (unpaired) electrons. The van der Waals surface area contributed by atoms with Gasteiger partial charge in [0.25, 0.3) is 5.89 Å². The van der Waals surface area contributed by atoms with E-state index >= 15 is 0 Å². The van der Waals surface area contributed by atoms with Crippen LogP contribution in [0.5, 0.6) is 5.75 Å². The van der Waals surface area contributed by atoms with Crippen LogP contribution in [0.25, 0.3) is 23.0 Å². The smallest absolute Gasteiger partial charge is 0.274 e. The monoisotopic (exact) mass is 284 g/mol. The molecule has 0 aliphatic rings. The number of ether oxygens (including phenoxy) is 1. The van der Waals surface area contributed by atoms with Crippen molar-refractivity contribution in [1.82, 2.24) is 15.1 Å². The summed E-state index contributed by atoms with van der Waals surface area (Å²) < 4.78 is 23.4. The highest BCUT2D eigenvalue weighted by atomic mass is 19.1. The van der Waals surface area contributed by atoms with Gasteiger partial charge in [-0.25, -0.2) is 4.39 Å². The fourth-order valence-corrected chi connectivity index (χ4v) is 1.83. The van der Waals surface area contributed by atoms with Gasteiger partial charge in [-0.05, 0) is 24.3 Å². The average molecular weight is 284 g/mol. The molecule has 6 nitrogen and oxygen atoms in total. The molecule has 0 saturated carbocycles. The van der Waals surface area contributed by atoms with E-state index in [9.17, 15) is 4.39 Å². The number of methoxy groups -OCH3 is 1. The Morgan fingerprint density at radius 1 is 1.38 bits per heavy atom. The summed E-state index contributed by atoms with van der Waals surface area (Å²) in [5.41, 5.74) is 1.57. The third-order valence-corrected chi connectivity index (χ3v) is 2.88. The van der Waals surface area contributed by atoms with Gasteiger partial charge in [-0.2, -0.15) is 10.2 Å². The first-order valence-corrected chi connectivity index (χ1v) is 5.98. The number of hydrogen-bond acceptors (Lipinski definition) is 5. The van der Waals surface area contributed by atoms with Crippen LogP contribution in [0.2, 0.25) is 0 Å². The van der Waals surface area contributed by atoms with E-state index in [0.29, 0.717) is 22.6 Å². The van der Waals surface area contributed by atoms with E-state index in [0.717, 1.165) is 0 Å². The van der Waals surface area contributed by atoms with Gasteiger partial charge in [0.2, 0.25) is 5.82 Å². The predicted octanol–water partition coefficient (Wildman–Crippen LogP) is 2.75. The number of H-pyrrole nitrogens is 1. The van der Waals surface area contributed by atoms with Crippen LogP contribution in [0.3, 0.4) is 0 Å². The molecule has 1 N–H and O–H groups in total. The summed E-state index contributed by atoms with van der Waals surface area (Å²) in [6, 6.07) is 7.88. The maximum Gasteiger partial charge on any atom is 0.274 e. The van der Waals surface area contributed by atoms with E-state index in [1.54, 1.807) is 12.3 Å². The molecule has 21 heavy (non-hydrogen) atoms. The molecule has 3 aromatic rings. The number of nitriles is 1. The highest BCUT2D eigenvalue weighted by Gasteiger charge is 2.14. The van der Waals surface area contributed by atoms with Crippen molar-refractivity contribution in [2.24, 2.45) is 0 Å². The number of hydrogen-bond donors (Lipinski definition) is 1. The van der Waals surface area contributed by atoms with Crippen LogP contribution in [0.4, 0.5) is 4.39 Å². The summed E-state index contributed by atoms with van der Waals surface area (Å²) in [5.74, 6) is 0.185. The Kier molecular flexibility index (Phi) is 3.12. The first-order chi connectivity index (χ1) is 10.2. The summed E-state index contributed by atoms with van der Waals surface area (Å²) in [6.07, 6.45) is 1.54. The molecular weight excluding hydrogens is 275 g/mol. The van der Waals surface area contributed by atoms with Crippen molar-refractivity contribution >= 4 is 0 Å². The molecular formula is C14H9FN4O2. The fourth-order valence-electron chi connectivity index (χ4n) is 1.83. The van der Waals surface area contributed by atoms with Crippen molar-refractivity contribution in [3.05, 3.63) is 41.8 Å². The molecule has 0 bridgehead atoms. The first-order valence-electron chi connectivity index (χ1n) is 5.98. The second-order valence-electron chi connectivity index (χ2n) is 4.19. The van der Waals surface area contributed by atoms with Crippen LogP contribution in [-0.4, -0.2) is 22.2 Å². The first kappa shape index (κ1) is 12.9. The van der Waals surface area contributed by atoms with Gasteiger partial charge in [0.1, 0.15) is 11.8 Å². The van der Waals surface area contributed by atoms with Crippen molar-refractivity contribution in [2.45, 2.75) is 0 Å². The fraction of sp³-hybridized carbons (Fsp3) is 0.0714. The van der Waals surface area contributed by atoms with Crippen LogP contribution in [0.15, 0.2) is 35.0 Å². The van der Waals surface area contributed by atoms with E-state index in [1.165, 1.54) is 25.3 Å². The van der Waals surface area contributed by atoms with Crippen LogP contribution in [0, 0.1) is 17.1 Å². The minimum Gasteiger partial charge on any atom is -0.494 e. The SMILES string of the molecule is COc1cc(-c2noc(-c3cc(C#N)c[nH]3)n2)ccc1F. The lowest BCUT2D eigenvalue weighted by molar-refractivity contribution is 0.386. The Hall–Kier alpha value is -3.14. The molecule has 0 unspecified atom stereocenters. The van der Waals surface area contributed by atoms with Crippen LogP contribution in [0.1, 0.15) is 5.56 Å². The van der Waals surface area contributed by atoms with Gasteiger partial charge in [0.05, 0.1) is 12.7 Å². The molecule has 0 spiro atoms. The summed E-state index contributed by atoms with van der Waals surface area (Å²) in [7, 11) is 1.38. The van der Waals surface area contributed by atoms with Gasteiger partial charge >= 0.3 is 0 Å². The number of benzene rings is 1. The minimum absolute atomic E-state index is 0.102. The van der Waals surface area contributed by atoms with E-state index in [1.807, 2.05) is 6.07 Å². The lowest BCUT2D eigenvalue weighted by Gasteiger charge is -2.02. The van der Waals surface area contributed by atoms with E-state index < -0.39 is 5.82 Å². The Bertz CT molecular complexity index is 832. The molecule has 7 heteroatoms. The highest BCUT2D eigenvalue weighted by Crippen LogP contribution is 2.26. The quantitative estimate of drug-likeness (QED) is 0.799. The van der Waals surface area contributed by atoms with Crippen LogP contribution < -0.4 is 4.74 Å². The summed E-state index contributed by atoms with van der Waals surface area (Å²) in [5, 5.41) is 12.6. The third kappa shape index (κ3) is 2.34. The molecule has 104 valence electrons. The largest absolute Gasteiger partial charge is 0.494 e. The number of aromatic amines is 1. The number of aromatic nitrogens is 3. The van der Waals surface area contributed by atoms with Crippen molar-refractivity contribution < 1.29 is 13.7 Å². The summed E-state index contributed by atoms with van der Waals surface area (Å²) in [6.45, 7) is 0. The molecule has 0 aliphatic heterocycles. The van der Waals surface area contributed by atoms with Gasteiger partial charge in [-0.3, -0.25) is 0 Å². The Labute approximate surface area is 118 Å². The van der Waals surface area contributed by atoms with Gasteiger partial charge in [0.15, 0.2) is 11.6 Å². The van der Waals surface area contributed by atoms with Crippen molar-refractivity contribution in [1.29, 1.82) is 5.26 Å². The average Bonchev–Trinajstić information content (AvgIpc) is 3.16. The van der Waals surface area contributed by atoms with Gasteiger partial charge in [-0.1, -0.05) is 5.16 Å². The third-order valence-electron chi connectivity index (χ3n) is 2.88. The Morgan fingerprint density at radius 2 is 2.24 bits per heavy atom. The topological polar surface area (TPSA) is 87.7 Å². The van der Waals surface area contributed by atoms with Crippen LogP contribution in [-0.2, 0) is 0 Å². The number of halogens is 1. The molecule has 0 aliphatic carbocycles. The number of rotatable bonds is 3. The molecule has 0 atom stereocenters. The normalized spacial score (nSPS) is 10.3. The number of nitrogens with zero attached hydrogens (tertiary/aromatic N) is 3. The van der Waals surface area contributed by atoms with Gasteiger partial charge in [-0.15, -0.1) is 0 Å². The summed E-state index contributed by atoms with van der Waals surface area (Å²) in [4.78, 5) is 7.07. The zero-order chi connectivity index (χ0) is 14.8. The zero-order valence-corrected chi connectivity index (χ0v) is 10.9. The van der Waals surface area contributed by atoms with E-state index in [2.05, 4.69) is 15.1 Å². The molecule has 3 rings (SSSR count).